The van der Waals surface area contributed by atoms with Crippen LogP contribution in [0.25, 0.3) is 0 Å². The summed E-state index contributed by atoms with van der Waals surface area (Å²) in [6, 6.07) is 0. The van der Waals surface area contributed by atoms with Crippen LogP contribution in [0.2, 0.25) is 0 Å². The highest BCUT2D eigenvalue weighted by Crippen LogP contribution is 2.44. The van der Waals surface area contributed by atoms with Crippen LogP contribution in [0, 0.1) is 5.41 Å². The summed E-state index contributed by atoms with van der Waals surface area (Å²) >= 11 is 0. The zero-order chi connectivity index (χ0) is 20.6. The van der Waals surface area contributed by atoms with Gasteiger partial charge in [-0.1, -0.05) is 19.9 Å². The number of hydrogen-bond acceptors (Lipinski definition) is 8. The maximum Gasteiger partial charge on any atom is 0.187 e. The van der Waals surface area contributed by atoms with Gasteiger partial charge in [0.1, 0.15) is 30.0 Å². The molecule has 0 aromatic carbocycles. The lowest BCUT2D eigenvalue weighted by Crippen LogP contribution is -2.59. The SMILES string of the molecule is CC1=CC(=O)CC(C)(C)[C@@]1(O)/C=C/[C@@H](C)O[C@H]1O[C@@H](CO)[C@H](O)[C@@H](O)[C@@H]1O. The molecule has 1 aliphatic carbocycles. The summed E-state index contributed by atoms with van der Waals surface area (Å²) in [6.07, 6.45) is -2.64. The van der Waals surface area contributed by atoms with E-state index in [0.29, 0.717) is 5.57 Å². The van der Waals surface area contributed by atoms with Crippen LogP contribution in [-0.4, -0.2) is 80.3 Å². The first-order valence-electron chi connectivity index (χ1n) is 9.02. The molecule has 1 heterocycles. The number of aliphatic hydroxyl groups is 5. The third kappa shape index (κ3) is 4.32. The number of ether oxygens (including phenoxy) is 2. The quantitative estimate of drug-likeness (QED) is 0.396. The Balaban J connectivity index is 2.11. The van der Waals surface area contributed by atoms with Crippen molar-refractivity contribution in [2.75, 3.05) is 6.61 Å². The normalized spacial score (nSPS) is 40.9. The average molecular weight is 386 g/mol. The standard InChI is InChI=1S/C19H30O8/c1-10-7-12(21)8-18(3,4)19(10,25)6-5-11(2)26-17-16(24)15(23)14(22)13(9-20)27-17/h5-7,11,13-17,20,22-25H,8-9H2,1-4H3/b6-5+/t11-,13+,14+,15-,16+,17+,19-/m1/s1. The summed E-state index contributed by atoms with van der Waals surface area (Å²) in [5, 5.41) is 50.0. The minimum absolute atomic E-state index is 0.0406. The van der Waals surface area contributed by atoms with Crippen LogP contribution in [0.3, 0.4) is 0 Å². The molecule has 5 N–H and O–H groups in total. The minimum Gasteiger partial charge on any atom is -0.394 e. The number of rotatable bonds is 5. The summed E-state index contributed by atoms with van der Waals surface area (Å²) in [5.41, 5.74) is -1.52. The topological polar surface area (TPSA) is 137 Å². The molecule has 0 aromatic rings. The Morgan fingerprint density at radius 1 is 1.30 bits per heavy atom. The third-order valence-corrected chi connectivity index (χ3v) is 5.43. The molecule has 8 heteroatoms. The van der Waals surface area contributed by atoms with Crippen LogP contribution in [0.4, 0.5) is 0 Å². The van der Waals surface area contributed by atoms with Gasteiger partial charge >= 0.3 is 0 Å². The molecule has 0 bridgehead atoms. The lowest BCUT2D eigenvalue weighted by Gasteiger charge is -2.44. The van der Waals surface area contributed by atoms with Crippen LogP contribution in [0.1, 0.15) is 34.1 Å². The molecule has 0 aromatic heterocycles. The molecule has 8 nitrogen and oxygen atoms in total. The molecular formula is C19H30O8. The summed E-state index contributed by atoms with van der Waals surface area (Å²) in [6.45, 7) is 6.40. The second-order valence-corrected chi connectivity index (χ2v) is 8.02. The van der Waals surface area contributed by atoms with Gasteiger partial charge in [0.05, 0.1) is 12.7 Å². The Kier molecular flexibility index (Phi) is 6.63. The molecule has 0 saturated carbocycles. The number of carbonyl (C=O) groups is 1. The molecular weight excluding hydrogens is 356 g/mol. The maximum absolute atomic E-state index is 11.8. The molecule has 2 rings (SSSR count). The third-order valence-electron chi connectivity index (χ3n) is 5.43. The Morgan fingerprint density at radius 2 is 1.93 bits per heavy atom. The fourth-order valence-electron chi connectivity index (χ4n) is 3.58. The Bertz CT molecular complexity index is 611. The first kappa shape index (κ1) is 22.2. The van der Waals surface area contributed by atoms with Crippen molar-refractivity contribution in [1.82, 2.24) is 0 Å². The summed E-state index contributed by atoms with van der Waals surface area (Å²) in [7, 11) is 0. The summed E-state index contributed by atoms with van der Waals surface area (Å²) < 4.78 is 10.9. The van der Waals surface area contributed by atoms with E-state index in [4.69, 9.17) is 9.47 Å². The van der Waals surface area contributed by atoms with E-state index in [9.17, 15) is 30.3 Å². The van der Waals surface area contributed by atoms with Crippen LogP contribution in [-0.2, 0) is 14.3 Å². The molecule has 0 unspecified atom stereocenters. The summed E-state index contributed by atoms with van der Waals surface area (Å²) in [5.74, 6) is -0.0406. The largest absolute Gasteiger partial charge is 0.394 e. The van der Waals surface area contributed by atoms with E-state index in [1.807, 2.05) is 0 Å². The molecule has 27 heavy (non-hydrogen) atoms. The van der Waals surface area contributed by atoms with E-state index in [1.165, 1.54) is 6.08 Å². The van der Waals surface area contributed by atoms with E-state index in [1.54, 1.807) is 39.8 Å². The van der Waals surface area contributed by atoms with Crippen molar-refractivity contribution in [2.24, 2.45) is 5.41 Å². The predicted molar refractivity (Wildman–Crippen MR) is 95.6 cm³/mol. The van der Waals surface area contributed by atoms with Crippen molar-refractivity contribution in [1.29, 1.82) is 0 Å². The van der Waals surface area contributed by atoms with Crippen molar-refractivity contribution >= 4 is 5.78 Å². The zero-order valence-electron chi connectivity index (χ0n) is 16.1. The van der Waals surface area contributed by atoms with E-state index < -0.39 is 54.4 Å². The van der Waals surface area contributed by atoms with Crippen LogP contribution in [0.5, 0.6) is 0 Å². The summed E-state index contributed by atoms with van der Waals surface area (Å²) in [4.78, 5) is 11.8. The monoisotopic (exact) mass is 386 g/mol. The maximum atomic E-state index is 11.8. The minimum atomic E-state index is -1.52. The zero-order valence-corrected chi connectivity index (χ0v) is 16.1. The van der Waals surface area contributed by atoms with E-state index in [0.717, 1.165) is 0 Å². The van der Waals surface area contributed by atoms with Crippen LogP contribution in [0.15, 0.2) is 23.8 Å². The van der Waals surface area contributed by atoms with Gasteiger partial charge in [0.15, 0.2) is 12.1 Å². The second kappa shape index (κ2) is 8.08. The Hall–Kier alpha value is -1.13. The fourth-order valence-corrected chi connectivity index (χ4v) is 3.58. The first-order chi connectivity index (χ1) is 12.4. The molecule has 0 amide bonds. The molecule has 1 aliphatic heterocycles. The van der Waals surface area contributed by atoms with Crippen molar-refractivity contribution in [3.63, 3.8) is 0 Å². The average Bonchev–Trinajstić information content (AvgIpc) is 2.58. The van der Waals surface area contributed by atoms with Gasteiger partial charge in [-0.05, 0) is 31.6 Å². The molecule has 154 valence electrons. The van der Waals surface area contributed by atoms with Gasteiger partial charge in [0.25, 0.3) is 0 Å². The first-order valence-corrected chi connectivity index (χ1v) is 9.02. The molecule has 7 atom stereocenters. The molecule has 1 saturated heterocycles. The highest BCUT2D eigenvalue weighted by atomic mass is 16.7. The van der Waals surface area contributed by atoms with Crippen molar-refractivity contribution in [3.05, 3.63) is 23.8 Å². The lowest BCUT2D eigenvalue weighted by atomic mass is 9.64. The van der Waals surface area contributed by atoms with Crippen molar-refractivity contribution in [3.8, 4) is 0 Å². The van der Waals surface area contributed by atoms with Gasteiger partial charge in [-0.25, -0.2) is 0 Å². The Morgan fingerprint density at radius 3 is 2.48 bits per heavy atom. The molecule has 0 spiro atoms. The highest BCUT2D eigenvalue weighted by Gasteiger charge is 2.47. The predicted octanol–water partition coefficient (Wildman–Crippen LogP) is -0.576. The van der Waals surface area contributed by atoms with Gasteiger partial charge in [-0.2, -0.15) is 0 Å². The Labute approximate surface area is 158 Å². The van der Waals surface area contributed by atoms with E-state index >= 15 is 0 Å². The van der Waals surface area contributed by atoms with Gasteiger partial charge < -0.3 is 35.0 Å². The van der Waals surface area contributed by atoms with Gasteiger partial charge in [-0.3, -0.25) is 4.79 Å². The van der Waals surface area contributed by atoms with Gasteiger partial charge in [0, 0.05) is 11.8 Å². The molecule has 0 radical (unpaired) electrons. The second-order valence-electron chi connectivity index (χ2n) is 8.02. The van der Waals surface area contributed by atoms with Crippen LogP contribution >= 0.6 is 0 Å². The van der Waals surface area contributed by atoms with Crippen molar-refractivity contribution < 1.29 is 39.8 Å². The van der Waals surface area contributed by atoms with Gasteiger partial charge in [-0.15, -0.1) is 0 Å². The van der Waals surface area contributed by atoms with Crippen molar-refractivity contribution in [2.45, 2.75) is 76.5 Å². The van der Waals surface area contributed by atoms with Gasteiger partial charge in [0.2, 0.25) is 0 Å². The number of aliphatic hydroxyl groups excluding tert-OH is 4. The molecule has 1 fully saturated rings. The van der Waals surface area contributed by atoms with E-state index in [-0.39, 0.29) is 12.2 Å². The highest BCUT2D eigenvalue weighted by molar-refractivity contribution is 5.92. The lowest BCUT2D eigenvalue weighted by molar-refractivity contribution is -0.306. The number of allylic oxidation sites excluding steroid dienone is 1. The smallest absolute Gasteiger partial charge is 0.187 e. The number of hydrogen-bond donors (Lipinski definition) is 5. The van der Waals surface area contributed by atoms with Crippen LogP contribution < -0.4 is 0 Å². The fraction of sp³-hybridized carbons (Fsp3) is 0.737. The number of carbonyl (C=O) groups excluding carboxylic acids is 1. The molecule has 2 aliphatic rings. The number of ketones is 1. The van der Waals surface area contributed by atoms with E-state index in [2.05, 4.69) is 0 Å².